The first-order valence-electron chi connectivity index (χ1n) is 5.41. The highest BCUT2D eigenvalue weighted by atomic mass is 79.9. The highest BCUT2D eigenvalue weighted by molar-refractivity contribution is 9.10. The first-order valence-corrected chi connectivity index (χ1v) is 6.20. The average Bonchev–Trinajstić information content (AvgIpc) is 2.52. The lowest BCUT2D eigenvalue weighted by atomic mass is 10.1. The third-order valence-electron chi connectivity index (χ3n) is 2.75. The number of unbranched alkanes of at least 4 members (excludes halogenated alkanes) is 1. The van der Waals surface area contributed by atoms with Gasteiger partial charge in [0.1, 0.15) is 5.82 Å². The summed E-state index contributed by atoms with van der Waals surface area (Å²) in [5.74, 6) is -1.59. The van der Waals surface area contributed by atoms with Crippen LogP contribution in [0.2, 0.25) is 0 Å². The molecule has 5 heteroatoms. The first kappa shape index (κ1) is 12.2. The monoisotopic (exact) mass is 299 g/mol. The van der Waals surface area contributed by atoms with Crippen molar-refractivity contribution in [1.29, 1.82) is 0 Å². The van der Waals surface area contributed by atoms with Crippen molar-refractivity contribution in [3.63, 3.8) is 0 Å². The number of fused-ring (bicyclic) bond motifs is 1. The number of amides is 1. The van der Waals surface area contributed by atoms with E-state index in [-0.39, 0.29) is 10.0 Å². The molecule has 1 aliphatic heterocycles. The van der Waals surface area contributed by atoms with Crippen molar-refractivity contribution in [1.82, 2.24) is 0 Å². The Hall–Kier alpha value is -1.23. The van der Waals surface area contributed by atoms with Crippen LogP contribution in [0.1, 0.15) is 30.1 Å². The van der Waals surface area contributed by atoms with Gasteiger partial charge in [0.25, 0.3) is 11.7 Å². The number of carbonyl (C=O) groups is 2. The maximum atomic E-state index is 13.4. The summed E-state index contributed by atoms with van der Waals surface area (Å²) >= 11 is 3.01. The third-order valence-corrected chi connectivity index (χ3v) is 3.36. The van der Waals surface area contributed by atoms with Crippen molar-refractivity contribution in [2.45, 2.75) is 19.8 Å². The number of hydrogen-bond donors (Lipinski definition) is 0. The lowest BCUT2D eigenvalue weighted by Crippen LogP contribution is -2.30. The van der Waals surface area contributed by atoms with Gasteiger partial charge < -0.3 is 4.90 Å². The van der Waals surface area contributed by atoms with Crippen LogP contribution >= 0.6 is 15.9 Å². The maximum Gasteiger partial charge on any atom is 0.299 e. The predicted octanol–water partition coefficient (Wildman–Crippen LogP) is 2.92. The van der Waals surface area contributed by atoms with Crippen molar-refractivity contribution in [2.24, 2.45) is 0 Å². The Kier molecular flexibility index (Phi) is 3.28. The SMILES string of the molecule is CCCCN1C(=O)C(=O)c2cc(Br)c(F)cc21. The molecule has 0 N–H and O–H groups in total. The highest BCUT2D eigenvalue weighted by Crippen LogP contribution is 2.33. The fourth-order valence-corrected chi connectivity index (χ4v) is 2.17. The second-order valence-electron chi connectivity index (χ2n) is 3.92. The summed E-state index contributed by atoms with van der Waals surface area (Å²) in [6, 6.07) is 2.61. The summed E-state index contributed by atoms with van der Waals surface area (Å²) in [4.78, 5) is 24.8. The summed E-state index contributed by atoms with van der Waals surface area (Å²) in [5.41, 5.74) is 0.661. The lowest BCUT2D eigenvalue weighted by molar-refractivity contribution is -0.114. The number of anilines is 1. The molecule has 0 aromatic heterocycles. The van der Waals surface area contributed by atoms with Gasteiger partial charge in [0.15, 0.2) is 0 Å². The number of halogens is 2. The molecule has 0 saturated carbocycles. The van der Waals surface area contributed by atoms with Crippen LogP contribution in [0, 0.1) is 5.82 Å². The number of hydrogen-bond acceptors (Lipinski definition) is 2. The van der Waals surface area contributed by atoms with Crippen LogP contribution < -0.4 is 4.90 Å². The summed E-state index contributed by atoms with van der Waals surface area (Å²) in [7, 11) is 0. The Morgan fingerprint density at radius 3 is 2.71 bits per heavy atom. The molecule has 0 fully saturated rings. The zero-order valence-corrected chi connectivity index (χ0v) is 10.9. The Bertz CT molecular complexity index is 502. The van der Waals surface area contributed by atoms with E-state index in [2.05, 4.69) is 15.9 Å². The summed E-state index contributed by atoms with van der Waals surface area (Å²) in [6.45, 7) is 2.45. The number of rotatable bonds is 3. The normalized spacial score (nSPS) is 14.4. The van der Waals surface area contributed by atoms with Crippen molar-refractivity contribution >= 4 is 33.3 Å². The van der Waals surface area contributed by atoms with Gasteiger partial charge in [-0.05, 0) is 34.5 Å². The molecular formula is C12H11BrFNO2. The zero-order chi connectivity index (χ0) is 12.6. The van der Waals surface area contributed by atoms with Crippen molar-refractivity contribution in [3.05, 3.63) is 28.0 Å². The molecule has 1 heterocycles. The molecule has 1 aromatic carbocycles. The quantitative estimate of drug-likeness (QED) is 0.805. The van der Waals surface area contributed by atoms with Gasteiger partial charge in [-0.2, -0.15) is 0 Å². The van der Waals surface area contributed by atoms with Gasteiger partial charge in [0.05, 0.1) is 15.7 Å². The van der Waals surface area contributed by atoms with E-state index < -0.39 is 17.5 Å². The van der Waals surface area contributed by atoms with Gasteiger partial charge in [-0.1, -0.05) is 13.3 Å². The van der Waals surface area contributed by atoms with Crippen LogP contribution in [0.25, 0.3) is 0 Å². The minimum Gasteiger partial charge on any atom is -0.305 e. The molecule has 17 heavy (non-hydrogen) atoms. The fraction of sp³-hybridized carbons (Fsp3) is 0.333. The van der Waals surface area contributed by atoms with Crippen LogP contribution in [0.3, 0.4) is 0 Å². The van der Waals surface area contributed by atoms with E-state index in [0.717, 1.165) is 12.8 Å². The van der Waals surface area contributed by atoms with Crippen LogP contribution in [-0.4, -0.2) is 18.2 Å². The van der Waals surface area contributed by atoms with Crippen molar-refractivity contribution in [2.75, 3.05) is 11.4 Å². The molecule has 0 bridgehead atoms. The van der Waals surface area contributed by atoms with Crippen molar-refractivity contribution < 1.29 is 14.0 Å². The Morgan fingerprint density at radius 2 is 2.06 bits per heavy atom. The molecule has 0 atom stereocenters. The Morgan fingerprint density at radius 1 is 1.35 bits per heavy atom. The van der Waals surface area contributed by atoms with E-state index in [1.54, 1.807) is 0 Å². The molecule has 0 spiro atoms. The predicted molar refractivity (Wildman–Crippen MR) is 65.7 cm³/mol. The molecule has 0 saturated heterocycles. The molecule has 3 nitrogen and oxygen atoms in total. The van der Waals surface area contributed by atoms with Crippen LogP contribution in [-0.2, 0) is 4.79 Å². The number of benzene rings is 1. The minimum atomic E-state index is -0.564. The Labute approximate surface area is 107 Å². The second kappa shape index (κ2) is 4.56. The van der Waals surface area contributed by atoms with E-state index in [1.165, 1.54) is 17.0 Å². The fourth-order valence-electron chi connectivity index (χ4n) is 1.83. The van der Waals surface area contributed by atoms with E-state index in [9.17, 15) is 14.0 Å². The molecular weight excluding hydrogens is 289 g/mol. The van der Waals surface area contributed by atoms with Crippen LogP contribution in [0.5, 0.6) is 0 Å². The maximum absolute atomic E-state index is 13.4. The Balaban J connectivity index is 2.45. The molecule has 1 aliphatic rings. The van der Waals surface area contributed by atoms with Gasteiger partial charge in [0, 0.05) is 6.54 Å². The van der Waals surface area contributed by atoms with Gasteiger partial charge in [0.2, 0.25) is 0 Å². The van der Waals surface area contributed by atoms with Crippen molar-refractivity contribution in [3.8, 4) is 0 Å². The summed E-state index contributed by atoms with van der Waals surface area (Å²) in [6.07, 6.45) is 1.70. The smallest absolute Gasteiger partial charge is 0.299 e. The van der Waals surface area contributed by atoms with E-state index in [0.29, 0.717) is 12.2 Å². The van der Waals surface area contributed by atoms with E-state index in [4.69, 9.17) is 0 Å². The second-order valence-corrected chi connectivity index (χ2v) is 4.78. The number of nitrogens with zero attached hydrogens (tertiary/aromatic N) is 1. The summed E-state index contributed by atoms with van der Waals surface area (Å²) < 4.78 is 13.6. The molecule has 0 radical (unpaired) electrons. The third kappa shape index (κ3) is 1.99. The first-order chi connectivity index (χ1) is 8.06. The van der Waals surface area contributed by atoms with Crippen LogP contribution in [0.4, 0.5) is 10.1 Å². The largest absolute Gasteiger partial charge is 0.305 e. The molecule has 1 amide bonds. The molecule has 2 rings (SSSR count). The lowest BCUT2D eigenvalue weighted by Gasteiger charge is -2.15. The summed E-state index contributed by atoms with van der Waals surface area (Å²) in [5, 5.41) is 0. The van der Waals surface area contributed by atoms with Gasteiger partial charge >= 0.3 is 0 Å². The zero-order valence-electron chi connectivity index (χ0n) is 9.30. The van der Waals surface area contributed by atoms with E-state index >= 15 is 0 Å². The average molecular weight is 300 g/mol. The molecule has 1 aromatic rings. The van der Waals surface area contributed by atoms with Gasteiger partial charge in [-0.25, -0.2) is 4.39 Å². The molecule has 0 unspecified atom stereocenters. The minimum absolute atomic E-state index is 0.203. The molecule has 90 valence electrons. The van der Waals surface area contributed by atoms with Gasteiger partial charge in [-0.15, -0.1) is 0 Å². The number of Topliss-reactive ketones (excluding diaryl/α,β-unsaturated/α-hetero) is 1. The standard InChI is InChI=1S/C12H11BrFNO2/c1-2-3-4-15-10-6-9(14)8(13)5-7(10)11(16)12(15)17/h5-6H,2-4H2,1H3. The number of ketones is 1. The topological polar surface area (TPSA) is 37.4 Å². The highest BCUT2D eigenvalue weighted by Gasteiger charge is 2.36. The van der Waals surface area contributed by atoms with Crippen LogP contribution in [0.15, 0.2) is 16.6 Å². The van der Waals surface area contributed by atoms with E-state index in [1.807, 2.05) is 6.92 Å². The molecule has 0 aliphatic carbocycles. The number of carbonyl (C=O) groups excluding carboxylic acids is 2. The van der Waals surface area contributed by atoms with Gasteiger partial charge in [-0.3, -0.25) is 9.59 Å².